The molecule has 0 radical (unpaired) electrons. The first-order valence-corrected chi connectivity index (χ1v) is 7.55. The van der Waals surface area contributed by atoms with Crippen molar-refractivity contribution in [3.63, 3.8) is 0 Å². The Bertz CT molecular complexity index is 792. The lowest BCUT2D eigenvalue weighted by molar-refractivity contribution is 0.261. The minimum Gasteiger partial charge on any atom is -0.487 e. The van der Waals surface area contributed by atoms with Crippen LogP contribution in [-0.4, -0.2) is 11.0 Å². The zero-order chi connectivity index (χ0) is 16.6. The summed E-state index contributed by atoms with van der Waals surface area (Å²) in [5, 5.41) is 5.55. The largest absolute Gasteiger partial charge is 0.487 e. The molecule has 0 unspecified atom stereocenters. The molecule has 0 aliphatic rings. The van der Waals surface area contributed by atoms with E-state index in [2.05, 4.69) is 15.6 Å². The van der Waals surface area contributed by atoms with Crippen LogP contribution in [0.25, 0.3) is 0 Å². The van der Waals surface area contributed by atoms with Crippen LogP contribution in [0.1, 0.15) is 5.56 Å². The van der Waals surface area contributed by atoms with Crippen LogP contribution in [-0.2, 0) is 6.61 Å². The highest BCUT2D eigenvalue weighted by molar-refractivity contribution is 6.00. The quantitative estimate of drug-likeness (QED) is 0.737. The Morgan fingerprint density at radius 1 is 0.875 bits per heavy atom. The fraction of sp³-hybridized carbons (Fsp3) is 0.0526. The Balaban J connectivity index is 1.64. The lowest BCUT2D eigenvalue weighted by atomic mass is 10.2. The maximum atomic E-state index is 12.1. The molecule has 1 heterocycles. The predicted octanol–water partition coefficient (Wildman–Crippen LogP) is 4.30. The number of urea groups is 1. The lowest BCUT2D eigenvalue weighted by Crippen LogP contribution is -2.19. The Labute approximate surface area is 140 Å². The molecule has 120 valence electrons. The van der Waals surface area contributed by atoms with Crippen molar-refractivity contribution >= 4 is 17.4 Å². The highest BCUT2D eigenvalue weighted by atomic mass is 16.5. The van der Waals surface area contributed by atoms with E-state index < -0.39 is 0 Å². The smallest absolute Gasteiger partial charge is 0.323 e. The molecule has 0 saturated carbocycles. The van der Waals surface area contributed by atoms with Gasteiger partial charge in [-0.05, 0) is 29.8 Å². The number of para-hydroxylation sites is 2. The van der Waals surface area contributed by atoms with Gasteiger partial charge in [0.2, 0.25) is 0 Å². The maximum Gasteiger partial charge on any atom is 0.323 e. The van der Waals surface area contributed by atoms with E-state index in [1.165, 1.54) is 0 Å². The first-order valence-electron chi connectivity index (χ1n) is 7.55. The van der Waals surface area contributed by atoms with Crippen molar-refractivity contribution in [1.29, 1.82) is 0 Å². The molecule has 24 heavy (non-hydrogen) atoms. The van der Waals surface area contributed by atoms with E-state index in [0.29, 0.717) is 23.7 Å². The van der Waals surface area contributed by atoms with Crippen LogP contribution in [0.3, 0.4) is 0 Å². The molecule has 3 aromatic rings. The molecule has 0 saturated heterocycles. The summed E-state index contributed by atoms with van der Waals surface area (Å²) in [6, 6.07) is 20.3. The van der Waals surface area contributed by atoms with Crippen molar-refractivity contribution < 1.29 is 9.53 Å². The molecule has 0 bridgehead atoms. The number of carbonyl (C=O) groups is 1. The number of nitrogens with one attached hydrogen (secondary N) is 2. The summed E-state index contributed by atoms with van der Waals surface area (Å²) in [4.78, 5) is 16.0. The van der Waals surface area contributed by atoms with Gasteiger partial charge in [-0.25, -0.2) is 4.79 Å². The molecule has 0 aliphatic carbocycles. The average molecular weight is 319 g/mol. The minimum atomic E-state index is -0.336. The second-order valence-electron chi connectivity index (χ2n) is 5.09. The van der Waals surface area contributed by atoms with Crippen LogP contribution in [0.15, 0.2) is 79.1 Å². The van der Waals surface area contributed by atoms with Gasteiger partial charge in [0.15, 0.2) is 0 Å². The number of pyridine rings is 1. The lowest BCUT2D eigenvalue weighted by Gasteiger charge is -2.13. The maximum absolute atomic E-state index is 12.1. The van der Waals surface area contributed by atoms with Gasteiger partial charge in [0, 0.05) is 18.1 Å². The number of hydrogen-bond acceptors (Lipinski definition) is 3. The third-order valence-corrected chi connectivity index (χ3v) is 3.31. The van der Waals surface area contributed by atoms with Gasteiger partial charge in [-0.15, -0.1) is 0 Å². The van der Waals surface area contributed by atoms with E-state index >= 15 is 0 Å². The summed E-state index contributed by atoms with van der Waals surface area (Å²) >= 11 is 0. The number of carbonyl (C=O) groups excluding carboxylic acids is 1. The SMILES string of the molecule is O=C(Nc1ccncc1)Nc1ccccc1OCc1ccccc1. The number of hydrogen-bond donors (Lipinski definition) is 2. The van der Waals surface area contributed by atoms with Crippen molar-refractivity contribution in [3.8, 4) is 5.75 Å². The molecule has 0 aliphatic heterocycles. The highest BCUT2D eigenvalue weighted by Gasteiger charge is 2.08. The molecule has 0 fully saturated rings. The Morgan fingerprint density at radius 2 is 1.58 bits per heavy atom. The van der Waals surface area contributed by atoms with Gasteiger partial charge in [-0.3, -0.25) is 4.98 Å². The Kier molecular flexibility index (Phi) is 5.04. The molecule has 2 N–H and O–H groups in total. The van der Waals surface area contributed by atoms with E-state index in [-0.39, 0.29) is 6.03 Å². The fourth-order valence-electron chi connectivity index (χ4n) is 2.15. The first-order chi connectivity index (χ1) is 11.8. The zero-order valence-electron chi connectivity index (χ0n) is 13.0. The topological polar surface area (TPSA) is 63.2 Å². The van der Waals surface area contributed by atoms with E-state index in [1.807, 2.05) is 48.5 Å². The van der Waals surface area contributed by atoms with Gasteiger partial charge in [0.25, 0.3) is 0 Å². The standard InChI is InChI=1S/C19H17N3O2/c23-19(21-16-10-12-20-13-11-16)22-17-8-4-5-9-18(17)24-14-15-6-2-1-3-7-15/h1-13H,14H2,(H2,20,21,22,23). The minimum absolute atomic E-state index is 0.336. The number of anilines is 2. The van der Waals surface area contributed by atoms with Crippen molar-refractivity contribution in [1.82, 2.24) is 4.98 Å². The molecule has 1 aromatic heterocycles. The Hall–Kier alpha value is -3.34. The summed E-state index contributed by atoms with van der Waals surface area (Å²) in [6.07, 6.45) is 3.24. The molecule has 2 amide bonds. The van der Waals surface area contributed by atoms with Gasteiger partial charge < -0.3 is 15.4 Å². The number of amides is 2. The molecule has 0 spiro atoms. The van der Waals surface area contributed by atoms with Crippen LogP contribution >= 0.6 is 0 Å². The van der Waals surface area contributed by atoms with E-state index in [9.17, 15) is 4.79 Å². The second-order valence-corrected chi connectivity index (χ2v) is 5.09. The normalized spacial score (nSPS) is 10.0. The first kappa shape index (κ1) is 15.6. The van der Waals surface area contributed by atoms with Crippen molar-refractivity contribution in [2.24, 2.45) is 0 Å². The molecule has 5 heteroatoms. The molecule has 5 nitrogen and oxygen atoms in total. The number of ether oxygens (including phenoxy) is 1. The summed E-state index contributed by atoms with van der Waals surface area (Å²) in [5.74, 6) is 0.617. The summed E-state index contributed by atoms with van der Waals surface area (Å²) in [7, 11) is 0. The van der Waals surface area contributed by atoms with Crippen molar-refractivity contribution in [2.75, 3.05) is 10.6 Å². The van der Waals surface area contributed by atoms with Crippen molar-refractivity contribution in [3.05, 3.63) is 84.7 Å². The van der Waals surface area contributed by atoms with E-state index in [4.69, 9.17) is 4.74 Å². The second kappa shape index (κ2) is 7.78. The van der Waals surface area contributed by atoms with Gasteiger partial charge in [-0.1, -0.05) is 42.5 Å². The van der Waals surface area contributed by atoms with Gasteiger partial charge in [0.1, 0.15) is 12.4 Å². The molecule has 2 aromatic carbocycles. The van der Waals surface area contributed by atoms with Gasteiger partial charge in [0.05, 0.1) is 5.69 Å². The van der Waals surface area contributed by atoms with Crippen LogP contribution in [0.4, 0.5) is 16.2 Å². The molecular weight excluding hydrogens is 302 g/mol. The molecular formula is C19H17N3O2. The van der Waals surface area contributed by atoms with Crippen LogP contribution < -0.4 is 15.4 Å². The van der Waals surface area contributed by atoms with Crippen LogP contribution in [0.2, 0.25) is 0 Å². The predicted molar refractivity (Wildman–Crippen MR) is 94.1 cm³/mol. The third kappa shape index (κ3) is 4.33. The number of rotatable bonds is 5. The Morgan fingerprint density at radius 3 is 2.38 bits per heavy atom. The summed E-state index contributed by atoms with van der Waals surface area (Å²) < 4.78 is 5.82. The average Bonchev–Trinajstić information content (AvgIpc) is 2.63. The summed E-state index contributed by atoms with van der Waals surface area (Å²) in [6.45, 7) is 0.436. The van der Waals surface area contributed by atoms with Crippen LogP contribution in [0.5, 0.6) is 5.75 Å². The highest BCUT2D eigenvalue weighted by Crippen LogP contribution is 2.25. The van der Waals surface area contributed by atoms with E-state index in [1.54, 1.807) is 30.6 Å². The molecule has 0 atom stereocenters. The van der Waals surface area contributed by atoms with Crippen molar-refractivity contribution in [2.45, 2.75) is 6.61 Å². The molecule has 3 rings (SSSR count). The van der Waals surface area contributed by atoms with Crippen LogP contribution in [0, 0.1) is 0 Å². The number of benzene rings is 2. The third-order valence-electron chi connectivity index (χ3n) is 3.31. The van der Waals surface area contributed by atoms with E-state index in [0.717, 1.165) is 5.56 Å². The number of aromatic nitrogens is 1. The van der Waals surface area contributed by atoms with Gasteiger partial charge >= 0.3 is 6.03 Å². The van der Waals surface area contributed by atoms with Gasteiger partial charge in [-0.2, -0.15) is 0 Å². The zero-order valence-corrected chi connectivity index (χ0v) is 13.0. The fourth-order valence-corrected chi connectivity index (χ4v) is 2.15. The number of nitrogens with zero attached hydrogens (tertiary/aromatic N) is 1. The summed E-state index contributed by atoms with van der Waals surface area (Å²) in [5.41, 5.74) is 2.35. The monoisotopic (exact) mass is 319 g/mol.